The summed E-state index contributed by atoms with van der Waals surface area (Å²) in [4.78, 5) is 13.9. The van der Waals surface area contributed by atoms with Crippen LogP contribution in [-0.2, 0) is 9.84 Å². The Hall–Kier alpha value is -1.08. The fraction of sp³-hybridized carbons (Fsp3) is 0.500. The third-order valence-corrected chi connectivity index (χ3v) is 5.88. The molecule has 0 fully saturated rings. The molecular formula is C14H20BrNO4S. The number of carbonyl (C=O) groups excluding carboxylic acids is 1. The van der Waals surface area contributed by atoms with Gasteiger partial charge < -0.3 is 9.64 Å². The smallest absolute Gasteiger partial charge is 0.255 e. The number of rotatable bonds is 6. The minimum absolute atomic E-state index is 0.0483. The summed E-state index contributed by atoms with van der Waals surface area (Å²) in [5.41, 5.74) is 0.442. The molecule has 118 valence electrons. The number of halogens is 1. The molecule has 0 bridgehead atoms. The predicted octanol–water partition coefficient (Wildman–Crippen LogP) is 2.35. The van der Waals surface area contributed by atoms with E-state index in [0.29, 0.717) is 15.8 Å². The van der Waals surface area contributed by atoms with E-state index in [-0.39, 0.29) is 17.4 Å². The quantitative estimate of drug-likeness (QED) is 0.763. The summed E-state index contributed by atoms with van der Waals surface area (Å²) in [5, 5.41) is 0. The second kappa shape index (κ2) is 7.26. The summed E-state index contributed by atoms with van der Waals surface area (Å²) in [6.07, 6.45) is 0. The molecule has 0 radical (unpaired) electrons. The summed E-state index contributed by atoms with van der Waals surface area (Å²) in [6.45, 7) is 3.32. The van der Waals surface area contributed by atoms with Crippen molar-refractivity contribution in [2.45, 2.75) is 19.9 Å². The molecule has 5 nitrogen and oxygen atoms in total. The van der Waals surface area contributed by atoms with Crippen LogP contribution >= 0.6 is 15.9 Å². The van der Waals surface area contributed by atoms with Crippen molar-refractivity contribution < 1.29 is 17.9 Å². The molecule has 0 saturated heterocycles. The van der Waals surface area contributed by atoms with Crippen LogP contribution in [0, 0.1) is 0 Å². The molecule has 0 N–H and O–H groups in total. The van der Waals surface area contributed by atoms with Gasteiger partial charge in [-0.05, 0) is 41.1 Å². The molecule has 0 saturated carbocycles. The van der Waals surface area contributed by atoms with Crippen molar-refractivity contribution in [3.05, 3.63) is 28.2 Å². The summed E-state index contributed by atoms with van der Waals surface area (Å²) in [7, 11) is -0.00597. The third-order valence-electron chi connectivity index (χ3n) is 3.32. The van der Waals surface area contributed by atoms with Crippen LogP contribution in [0.25, 0.3) is 0 Å². The lowest BCUT2D eigenvalue weighted by Gasteiger charge is -2.25. The van der Waals surface area contributed by atoms with Gasteiger partial charge in [0.25, 0.3) is 5.91 Å². The second-order valence-corrected chi connectivity index (χ2v) is 8.06. The summed E-state index contributed by atoms with van der Waals surface area (Å²) in [6, 6.07) is 4.70. The molecule has 1 aromatic carbocycles. The molecule has 1 aromatic rings. The molecule has 1 atom stereocenters. The Balaban J connectivity index is 2.97. The van der Waals surface area contributed by atoms with E-state index in [1.54, 1.807) is 39.1 Å². The number of carbonyl (C=O) groups is 1. The fourth-order valence-electron chi connectivity index (χ4n) is 1.78. The topological polar surface area (TPSA) is 63.7 Å². The van der Waals surface area contributed by atoms with Gasteiger partial charge >= 0.3 is 0 Å². The van der Waals surface area contributed by atoms with Gasteiger partial charge in [0.2, 0.25) is 0 Å². The summed E-state index contributed by atoms with van der Waals surface area (Å²) < 4.78 is 29.1. The Bertz CT molecular complexity index is 615. The second-order valence-electron chi connectivity index (χ2n) is 4.81. The molecule has 7 heteroatoms. The molecule has 0 aliphatic carbocycles. The zero-order chi connectivity index (χ0) is 16.2. The van der Waals surface area contributed by atoms with Crippen molar-refractivity contribution in [1.82, 2.24) is 4.90 Å². The number of hydrogen-bond acceptors (Lipinski definition) is 4. The zero-order valence-corrected chi connectivity index (χ0v) is 15.0. The van der Waals surface area contributed by atoms with Crippen LogP contribution in [0.5, 0.6) is 5.75 Å². The van der Waals surface area contributed by atoms with Crippen LogP contribution in [0.2, 0.25) is 0 Å². The van der Waals surface area contributed by atoms with Gasteiger partial charge in [-0.1, -0.05) is 6.92 Å². The lowest BCUT2D eigenvalue weighted by Crippen LogP contribution is -2.39. The van der Waals surface area contributed by atoms with Crippen LogP contribution in [0.4, 0.5) is 0 Å². The van der Waals surface area contributed by atoms with Crippen molar-refractivity contribution in [2.75, 3.05) is 25.7 Å². The van der Waals surface area contributed by atoms with Crippen LogP contribution in [-0.4, -0.2) is 50.9 Å². The lowest BCUT2D eigenvalue weighted by atomic mass is 10.1. The van der Waals surface area contributed by atoms with E-state index in [4.69, 9.17) is 4.74 Å². The maximum atomic E-state index is 12.5. The maximum absolute atomic E-state index is 12.5. The molecule has 1 rings (SSSR count). The molecule has 21 heavy (non-hydrogen) atoms. The Morgan fingerprint density at radius 3 is 2.57 bits per heavy atom. The first-order valence-electron chi connectivity index (χ1n) is 6.53. The van der Waals surface area contributed by atoms with Crippen molar-refractivity contribution in [1.29, 1.82) is 0 Å². The third kappa shape index (κ3) is 4.71. The van der Waals surface area contributed by atoms with Gasteiger partial charge in [0.15, 0.2) is 9.84 Å². The normalized spacial score (nSPS) is 12.8. The molecule has 1 unspecified atom stereocenters. The Morgan fingerprint density at radius 2 is 2.05 bits per heavy atom. The van der Waals surface area contributed by atoms with Gasteiger partial charge in [-0.2, -0.15) is 0 Å². The van der Waals surface area contributed by atoms with Crippen molar-refractivity contribution in [3.8, 4) is 5.75 Å². The van der Waals surface area contributed by atoms with E-state index in [0.717, 1.165) is 0 Å². The SMILES string of the molecule is CCS(=O)(=O)CC(C)N(C)C(=O)c1cc(OC)ccc1Br. The average Bonchev–Trinajstić information content (AvgIpc) is 2.45. The molecule has 0 aromatic heterocycles. The first-order valence-corrected chi connectivity index (χ1v) is 9.14. The van der Waals surface area contributed by atoms with Crippen molar-refractivity contribution >= 4 is 31.7 Å². The summed E-state index contributed by atoms with van der Waals surface area (Å²) in [5.74, 6) is 0.346. The van der Waals surface area contributed by atoms with Gasteiger partial charge in [-0.25, -0.2) is 8.42 Å². The average molecular weight is 378 g/mol. The largest absolute Gasteiger partial charge is 0.497 e. The van der Waals surface area contributed by atoms with Crippen LogP contribution < -0.4 is 4.74 Å². The standard InChI is InChI=1S/C14H20BrNO4S/c1-5-21(18,19)9-10(2)16(3)14(17)12-8-11(20-4)6-7-13(12)15/h6-8,10H,5,9H2,1-4H3. The van der Waals surface area contributed by atoms with Crippen molar-refractivity contribution in [2.24, 2.45) is 0 Å². The van der Waals surface area contributed by atoms with Crippen LogP contribution in [0.3, 0.4) is 0 Å². The highest BCUT2D eigenvalue weighted by molar-refractivity contribution is 9.10. The molecule has 0 heterocycles. The number of hydrogen-bond donors (Lipinski definition) is 0. The molecule has 0 spiro atoms. The van der Waals surface area contributed by atoms with E-state index in [1.807, 2.05) is 0 Å². The molecule has 0 aliphatic heterocycles. The Morgan fingerprint density at radius 1 is 1.43 bits per heavy atom. The first-order chi connectivity index (χ1) is 9.71. The van der Waals surface area contributed by atoms with Crippen molar-refractivity contribution in [3.63, 3.8) is 0 Å². The minimum atomic E-state index is -3.13. The number of amides is 1. The Labute approximate surface area is 134 Å². The number of methoxy groups -OCH3 is 1. The number of nitrogens with zero attached hydrogens (tertiary/aromatic N) is 1. The maximum Gasteiger partial charge on any atom is 0.255 e. The Kier molecular flexibility index (Phi) is 6.22. The van der Waals surface area contributed by atoms with E-state index < -0.39 is 15.9 Å². The van der Waals surface area contributed by atoms with E-state index in [2.05, 4.69) is 15.9 Å². The zero-order valence-electron chi connectivity index (χ0n) is 12.6. The van der Waals surface area contributed by atoms with E-state index in [9.17, 15) is 13.2 Å². The van der Waals surface area contributed by atoms with Gasteiger partial charge in [0.1, 0.15) is 5.75 Å². The summed E-state index contributed by atoms with van der Waals surface area (Å²) >= 11 is 3.33. The lowest BCUT2D eigenvalue weighted by molar-refractivity contribution is 0.0755. The minimum Gasteiger partial charge on any atom is -0.497 e. The molecule has 1 amide bonds. The van der Waals surface area contributed by atoms with Gasteiger partial charge in [0.05, 0.1) is 18.4 Å². The number of sulfone groups is 1. The highest BCUT2D eigenvalue weighted by atomic mass is 79.9. The fourth-order valence-corrected chi connectivity index (χ4v) is 3.39. The van der Waals surface area contributed by atoms with Crippen LogP contribution in [0.1, 0.15) is 24.2 Å². The first kappa shape index (κ1) is 18.0. The van der Waals surface area contributed by atoms with Gasteiger partial charge in [-0.15, -0.1) is 0 Å². The van der Waals surface area contributed by atoms with Gasteiger partial charge in [0, 0.05) is 23.3 Å². The highest BCUT2D eigenvalue weighted by Gasteiger charge is 2.23. The predicted molar refractivity (Wildman–Crippen MR) is 86.6 cm³/mol. The van der Waals surface area contributed by atoms with Crippen LogP contribution in [0.15, 0.2) is 22.7 Å². The monoisotopic (exact) mass is 377 g/mol. The number of benzene rings is 1. The molecular weight excluding hydrogens is 358 g/mol. The molecule has 0 aliphatic rings. The highest BCUT2D eigenvalue weighted by Crippen LogP contribution is 2.24. The van der Waals surface area contributed by atoms with E-state index >= 15 is 0 Å². The van der Waals surface area contributed by atoms with E-state index in [1.165, 1.54) is 12.0 Å². The van der Waals surface area contributed by atoms with Gasteiger partial charge in [-0.3, -0.25) is 4.79 Å². The number of ether oxygens (including phenoxy) is 1.